The number of hydrogen-bond acceptors (Lipinski definition) is 3. The summed E-state index contributed by atoms with van der Waals surface area (Å²) in [6.45, 7) is 1.39. The molecule has 1 aliphatic rings. The highest BCUT2D eigenvalue weighted by atomic mass is 35.5. The summed E-state index contributed by atoms with van der Waals surface area (Å²) in [4.78, 5) is 4.07. The Bertz CT molecular complexity index is 521. The third kappa shape index (κ3) is 1.62. The molecule has 0 aliphatic carbocycles. The van der Waals surface area contributed by atoms with Crippen molar-refractivity contribution in [1.29, 1.82) is 0 Å². The van der Waals surface area contributed by atoms with E-state index in [1.165, 1.54) is 11.1 Å². The molecule has 0 atom stereocenters. The largest absolute Gasteiger partial charge is 0.439 e. The van der Waals surface area contributed by atoms with Gasteiger partial charge in [-0.05, 0) is 17.2 Å². The molecule has 0 amide bonds. The van der Waals surface area contributed by atoms with Crippen molar-refractivity contribution in [2.45, 2.75) is 19.1 Å². The van der Waals surface area contributed by atoms with Crippen LogP contribution < -0.4 is 0 Å². The van der Waals surface area contributed by atoms with E-state index in [0.29, 0.717) is 25.0 Å². The van der Waals surface area contributed by atoms with Crippen LogP contribution in [-0.4, -0.2) is 4.98 Å². The Morgan fingerprint density at radius 1 is 1.25 bits per heavy atom. The zero-order valence-electron chi connectivity index (χ0n) is 8.57. The molecule has 0 fully saturated rings. The quantitative estimate of drug-likeness (QED) is 0.751. The summed E-state index contributed by atoms with van der Waals surface area (Å²) in [6, 6.07) is 6.17. The molecule has 4 heteroatoms. The van der Waals surface area contributed by atoms with Gasteiger partial charge in [0.15, 0.2) is 5.76 Å². The second-order valence-corrected chi connectivity index (χ2v) is 4.00. The molecule has 3 nitrogen and oxygen atoms in total. The van der Waals surface area contributed by atoms with Crippen molar-refractivity contribution in [3.63, 3.8) is 0 Å². The molecule has 1 aliphatic heterocycles. The van der Waals surface area contributed by atoms with Gasteiger partial charge in [0.05, 0.1) is 25.3 Å². The highest BCUT2D eigenvalue weighted by molar-refractivity contribution is 6.16. The van der Waals surface area contributed by atoms with Gasteiger partial charge in [-0.15, -0.1) is 11.6 Å². The monoisotopic (exact) mass is 235 g/mol. The molecule has 0 spiro atoms. The molecule has 0 radical (unpaired) electrons. The smallest absolute Gasteiger partial charge is 0.209 e. The maximum atomic E-state index is 5.65. The molecule has 0 bridgehead atoms. The van der Waals surface area contributed by atoms with Crippen molar-refractivity contribution in [3.05, 3.63) is 41.4 Å². The van der Waals surface area contributed by atoms with Crippen LogP contribution >= 0.6 is 11.6 Å². The topological polar surface area (TPSA) is 35.3 Å². The second-order valence-electron chi connectivity index (χ2n) is 3.73. The molecule has 16 heavy (non-hydrogen) atoms. The number of ether oxygens (including phenoxy) is 1. The fourth-order valence-corrected chi connectivity index (χ4v) is 1.95. The van der Waals surface area contributed by atoms with Gasteiger partial charge in [0.2, 0.25) is 5.89 Å². The highest BCUT2D eigenvalue weighted by Crippen LogP contribution is 2.27. The average Bonchev–Trinajstić information content (AvgIpc) is 2.96. The van der Waals surface area contributed by atoms with Gasteiger partial charge >= 0.3 is 0 Å². The van der Waals surface area contributed by atoms with E-state index in [1.54, 1.807) is 6.20 Å². The number of aromatic nitrogens is 1. The number of hydrogen-bond donors (Lipinski definition) is 0. The first kappa shape index (κ1) is 9.87. The zero-order valence-corrected chi connectivity index (χ0v) is 9.33. The summed E-state index contributed by atoms with van der Waals surface area (Å²) >= 11 is 5.65. The van der Waals surface area contributed by atoms with Crippen molar-refractivity contribution < 1.29 is 9.15 Å². The van der Waals surface area contributed by atoms with Crippen LogP contribution in [0.2, 0.25) is 0 Å². The maximum Gasteiger partial charge on any atom is 0.209 e. The molecule has 1 aromatic heterocycles. The van der Waals surface area contributed by atoms with E-state index >= 15 is 0 Å². The van der Waals surface area contributed by atoms with Gasteiger partial charge in [-0.3, -0.25) is 0 Å². The van der Waals surface area contributed by atoms with Crippen molar-refractivity contribution in [1.82, 2.24) is 4.98 Å². The summed E-state index contributed by atoms with van der Waals surface area (Å²) in [7, 11) is 0. The Morgan fingerprint density at radius 3 is 2.94 bits per heavy atom. The van der Waals surface area contributed by atoms with Gasteiger partial charge in [-0.2, -0.15) is 0 Å². The summed E-state index contributed by atoms with van der Waals surface area (Å²) in [6.07, 6.45) is 1.70. The Balaban J connectivity index is 2.00. The first-order valence-electron chi connectivity index (χ1n) is 5.07. The van der Waals surface area contributed by atoms with Crippen LogP contribution in [0.5, 0.6) is 0 Å². The molecular formula is C12H10ClNO2. The molecule has 0 saturated heterocycles. The van der Waals surface area contributed by atoms with Crippen molar-refractivity contribution >= 4 is 11.6 Å². The molecule has 0 unspecified atom stereocenters. The Morgan fingerprint density at radius 2 is 2.12 bits per heavy atom. The minimum Gasteiger partial charge on any atom is -0.439 e. The summed E-state index contributed by atoms with van der Waals surface area (Å²) in [5.41, 5.74) is 3.50. The molecule has 0 saturated carbocycles. The van der Waals surface area contributed by atoms with Crippen LogP contribution in [0.25, 0.3) is 11.3 Å². The number of alkyl halides is 1. The first-order valence-corrected chi connectivity index (χ1v) is 5.61. The number of nitrogens with zero attached hydrogens (tertiary/aromatic N) is 1. The van der Waals surface area contributed by atoms with Gasteiger partial charge in [0.25, 0.3) is 0 Å². The summed E-state index contributed by atoms with van der Waals surface area (Å²) < 4.78 is 10.9. The third-order valence-electron chi connectivity index (χ3n) is 2.67. The van der Waals surface area contributed by atoms with Crippen LogP contribution in [0.15, 0.2) is 28.8 Å². The predicted molar refractivity (Wildman–Crippen MR) is 60.0 cm³/mol. The van der Waals surface area contributed by atoms with E-state index in [0.717, 1.165) is 11.3 Å². The minimum atomic E-state index is 0.300. The number of rotatable bonds is 2. The van der Waals surface area contributed by atoms with E-state index < -0.39 is 0 Å². The van der Waals surface area contributed by atoms with Gasteiger partial charge < -0.3 is 9.15 Å². The lowest BCUT2D eigenvalue weighted by molar-refractivity contribution is 0.134. The lowest BCUT2D eigenvalue weighted by atomic mass is 10.1. The molecule has 2 heterocycles. The predicted octanol–water partition coefficient (Wildman–Crippen LogP) is 3.11. The number of benzene rings is 1. The molecule has 2 aromatic rings. The van der Waals surface area contributed by atoms with Gasteiger partial charge in [-0.1, -0.05) is 12.1 Å². The van der Waals surface area contributed by atoms with E-state index in [-0.39, 0.29) is 0 Å². The van der Waals surface area contributed by atoms with E-state index in [4.69, 9.17) is 20.8 Å². The number of oxazole rings is 1. The van der Waals surface area contributed by atoms with Crippen LogP contribution in [0.3, 0.4) is 0 Å². The second kappa shape index (κ2) is 3.92. The van der Waals surface area contributed by atoms with E-state index in [2.05, 4.69) is 17.1 Å². The zero-order chi connectivity index (χ0) is 11.0. The fraction of sp³-hybridized carbons (Fsp3) is 0.250. The molecule has 1 aromatic carbocycles. The van der Waals surface area contributed by atoms with Gasteiger partial charge in [0, 0.05) is 5.56 Å². The number of fused-ring (bicyclic) bond motifs is 1. The van der Waals surface area contributed by atoms with E-state index in [9.17, 15) is 0 Å². The van der Waals surface area contributed by atoms with Crippen LogP contribution in [0.4, 0.5) is 0 Å². The molecular weight excluding hydrogens is 226 g/mol. The molecule has 82 valence electrons. The SMILES string of the molecule is ClCc1ncc(-c2ccc3c(c2)COC3)o1. The average molecular weight is 236 g/mol. The first-order chi connectivity index (χ1) is 7.86. The van der Waals surface area contributed by atoms with Crippen LogP contribution in [-0.2, 0) is 23.8 Å². The fourth-order valence-electron chi connectivity index (χ4n) is 1.83. The van der Waals surface area contributed by atoms with Gasteiger partial charge in [0.1, 0.15) is 0 Å². The summed E-state index contributed by atoms with van der Waals surface area (Å²) in [5, 5.41) is 0. The van der Waals surface area contributed by atoms with E-state index in [1.807, 2.05) is 6.07 Å². The number of halogens is 1. The van der Waals surface area contributed by atoms with Crippen molar-refractivity contribution in [3.8, 4) is 11.3 Å². The van der Waals surface area contributed by atoms with Crippen LogP contribution in [0, 0.1) is 0 Å². The lowest BCUT2D eigenvalue weighted by Crippen LogP contribution is -1.83. The van der Waals surface area contributed by atoms with Crippen molar-refractivity contribution in [2.75, 3.05) is 0 Å². The summed E-state index contributed by atoms with van der Waals surface area (Å²) in [5.74, 6) is 1.60. The van der Waals surface area contributed by atoms with Gasteiger partial charge in [-0.25, -0.2) is 4.98 Å². The Hall–Kier alpha value is -1.32. The standard InChI is InChI=1S/C12H10ClNO2/c13-4-12-14-5-11(16-12)8-1-2-9-6-15-7-10(9)3-8/h1-3,5H,4,6-7H2. The van der Waals surface area contributed by atoms with Crippen molar-refractivity contribution in [2.24, 2.45) is 0 Å². The Kier molecular flexibility index (Phi) is 2.42. The molecule has 0 N–H and O–H groups in total. The normalized spacial score (nSPS) is 14.1. The molecule has 3 rings (SSSR count). The minimum absolute atomic E-state index is 0.300. The lowest BCUT2D eigenvalue weighted by Gasteiger charge is -1.99. The maximum absolute atomic E-state index is 5.65. The van der Waals surface area contributed by atoms with Crippen LogP contribution in [0.1, 0.15) is 17.0 Å². The third-order valence-corrected chi connectivity index (χ3v) is 2.90. The highest BCUT2D eigenvalue weighted by Gasteiger charge is 2.13. The Labute approximate surface area is 98.0 Å².